The minimum atomic E-state index is -0.0325. The molecule has 0 aromatic heterocycles. The lowest BCUT2D eigenvalue weighted by Crippen LogP contribution is -2.29. The van der Waals surface area contributed by atoms with Crippen molar-refractivity contribution in [3.05, 3.63) is 53.6 Å². The molecule has 0 aliphatic heterocycles. The third-order valence-electron chi connectivity index (χ3n) is 4.07. The van der Waals surface area contributed by atoms with Crippen LogP contribution in [0.4, 0.5) is 0 Å². The van der Waals surface area contributed by atoms with Gasteiger partial charge in [-0.05, 0) is 41.8 Å². The number of methoxy groups -OCH3 is 3. The third-order valence-corrected chi connectivity index (χ3v) is 4.07. The number of benzene rings is 2. The van der Waals surface area contributed by atoms with Crippen molar-refractivity contribution < 1.29 is 19.0 Å². The summed E-state index contributed by atoms with van der Waals surface area (Å²) in [6, 6.07) is 13.2. The normalized spacial score (nSPS) is 11.5. The third kappa shape index (κ3) is 4.89. The smallest absolute Gasteiger partial charge is 0.224 e. The van der Waals surface area contributed by atoms with Gasteiger partial charge in [-0.1, -0.05) is 25.1 Å². The van der Waals surface area contributed by atoms with E-state index in [-0.39, 0.29) is 18.4 Å². The molecule has 0 heterocycles. The van der Waals surface area contributed by atoms with Crippen LogP contribution < -0.4 is 19.5 Å². The van der Waals surface area contributed by atoms with Gasteiger partial charge >= 0.3 is 0 Å². The molecule has 1 amide bonds. The molecule has 0 spiro atoms. The van der Waals surface area contributed by atoms with Crippen molar-refractivity contribution in [2.24, 2.45) is 0 Å². The Morgan fingerprint density at radius 1 is 0.960 bits per heavy atom. The lowest BCUT2D eigenvalue weighted by atomic mass is 10.0. The lowest BCUT2D eigenvalue weighted by Gasteiger charge is -2.18. The van der Waals surface area contributed by atoms with Crippen molar-refractivity contribution in [2.45, 2.75) is 25.8 Å². The molecule has 2 rings (SSSR count). The van der Waals surface area contributed by atoms with E-state index in [1.807, 2.05) is 49.4 Å². The summed E-state index contributed by atoms with van der Waals surface area (Å²) >= 11 is 0. The average molecular weight is 343 g/mol. The van der Waals surface area contributed by atoms with Crippen LogP contribution in [-0.2, 0) is 11.2 Å². The monoisotopic (exact) mass is 343 g/mol. The molecule has 5 heteroatoms. The van der Waals surface area contributed by atoms with E-state index in [1.54, 1.807) is 21.3 Å². The van der Waals surface area contributed by atoms with E-state index in [4.69, 9.17) is 14.2 Å². The molecule has 1 N–H and O–H groups in total. The van der Waals surface area contributed by atoms with Crippen LogP contribution in [0.3, 0.4) is 0 Å². The molecule has 2 aromatic rings. The summed E-state index contributed by atoms with van der Waals surface area (Å²) in [5.41, 5.74) is 1.93. The Morgan fingerprint density at radius 2 is 1.64 bits per heavy atom. The van der Waals surface area contributed by atoms with Gasteiger partial charge in [-0.2, -0.15) is 0 Å². The second kappa shape index (κ2) is 8.97. The molecular weight excluding hydrogens is 318 g/mol. The Kier molecular flexibility index (Phi) is 6.69. The first kappa shape index (κ1) is 18.6. The zero-order chi connectivity index (χ0) is 18.2. The highest BCUT2D eigenvalue weighted by Gasteiger charge is 2.14. The van der Waals surface area contributed by atoms with Crippen molar-refractivity contribution in [3.8, 4) is 17.2 Å². The second-order valence-electron chi connectivity index (χ2n) is 5.67. The van der Waals surface area contributed by atoms with E-state index in [0.717, 1.165) is 23.3 Å². The number of rotatable bonds is 8. The van der Waals surface area contributed by atoms with Gasteiger partial charge in [0.25, 0.3) is 0 Å². The van der Waals surface area contributed by atoms with Crippen molar-refractivity contribution in [2.75, 3.05) is 21.3 Å². The van der Waals surface area contributed by atoms with Gasteiger partial charge in [-0.15, -0.1) is 0 Å². The molecule has 134 valence electrons. The molecule has 1 atom stereocenters. The second-order valence-corrected chi connectivity index (χ2v) is 5.67. The van der Waals surface area contributed by atoms with Crippen molar-refractivity contribution in [1.82, 2.24) is 5.32 Å². The maximum Gasteiger partial charge on any atom is 0.224 e. The molecule has 25 heavy (non-hydrogen) atoms. The maximum absolute atomic E-state index is 12.4. The molecule has 5 nitrogen and oxygen atoms in total. The Balaban J connectivity index is 2.04. The molecule has 0 aliphatic carbocycles. The fraction of sp³-hybridized carbons (Fsp3) is 0.350. The van der Waals surface area contributed by atoms with Gasteiger partial charge in [0, 0.05) is 0 Å². The largest absolute Gasteiger partial charge is 0.497 e. The van der Waals surface area contributed by atoms with Crippen LogP contribution >= 0.6 is 0 Å². The number of hydrogen-bond donors (Lipinski definition) is 1. The SMILES string of the molecule is CC[C@H](NC(=O)Cc1ccc(OC)c(OC)c1)c1ccc(OC)cc1. The standard InChI is InChI=1S/C20H25NO4/c1-5-17(15-7-9-16(23-2)10-8-15)21-20(22)13-14-6-11-18(24-3)19(12-14)25-4/h6-12,17H,5,13H2,1-4H3,(H,21,22)/t17-/m0/s1. The minimum Gasteiger partial charge on any atom is -0.497 e. The topological polar surface area (TPSA) is 56.8 Å². The van der Waals surface area contributed by atoms with Crippen LogP contribution in [-0.4, -0.2) is 27.2 Å². The summed E-state index contributed by atoms with van der Waals surface area (Å²) in [5.74, 6) is 2.04. The summed E-state index contributed by atoms with van der Waals surface area (Å²) in [4.78, 5) is 12.4. The highest BCUT2D eigenvalue weighted by Crippen LogP contribution is 2.28. The highest BCUT2D eigenvalue weighted by atomic mass is 16.5. The minimum absolute atomic E-state index is 0.0291. The predicted octanol–water partition coefficient (Wildman–Crippen LogP) is 3.52. The van der Waals surface area contributed by atoms with E-state index in [9.17, 15) is 4.79 Å². The molecule has 0 saturated carbocycles. The first-order valence-electron chi connectivity index (χ1n) is 8.25. The molecule has 0 radical (unpaired) electrons. The Morgan fingerprint density at radius 3 is 2.20 bits per heavy atom. The predicted molar refractivity (Wildman–Crippen MR) is 97.4 cm³/mol. The van der Waals surface area contributed by atoms with Crippen LogP contribution in [0.15, 0.2) is 42.5 Å². The Labute approximate surface area is 148 Å². The average Bonchev–Trinajstić information content (AvgIpc) is 2.66. The van der Waals surface area contributed by atoms with Crippen molar-refractivity contribution >= 4 is 5.91 Å². The molecule has 0 bridgehead atoms. The fourth-order valence-corrected chi connectivity index (χ4v) is 2.68. The number of carbonyl (C=O) groups excluding carboxylic acids is 1. The van der Waals surface area contributed by atoms with Crippen LogP contribution in [0.1, 0.15) is 30.5 Å². The van der Waals surface area contributed by atoms with Gasteiger partial charge in [0.2, 0.25) is 5.91 Å². The first-order chi connectivity index (χ1) is 12.1. The van der Waals surface area contributed by atoms with Gasteiger partial charge in [-0.25, -0.2) is 0 Å². The zero-order valence-corrected chi connectivity index (χ0v) is 15.2. The Bertz CT molecular complexity index is 697. The summed E-state index contributed by atoms with van der Waals surface area (Å²) in [6.07, 6.45) is 1.09. The summed E-state index contributed by atoms with van der Waals surface area (Å²) in [7, 11) is 4.81. The van der Waals surface area contributed by atoms with Crippen LogP contribution in [0.2, 0.25) is 0 Å². The molecule has 0 fully saturated rings. The van der Waals surface area contributed by atoms with E-state index in [1.165, 1.54) is 0 Å². The molecular formula is C20H25NO4. The van der Waals surface area contributed by atoms with E-state index < -0.39 is 0 Å². The quantitative estimate of drug-likeness (QED) is 0.797. The van der Waals surface area contributed by atoms with E-state index in [2.05, 4.69) is 5.32 Å². The van der Waals surface area contributed by atoms with Crippen LogP contribution in [0.25, 0.3) is 0 Å². The Hall–Kier alpha value is -2.69. The van der Waals surface area contributed by atoms with Crippen molar-refractivity contribution in [1.29, 1.82) is 0 Å². The summed E-state index contributed by atoms with van der Waals surface area (Å²) < 4.78 is 15.7. The lowest BCUT2D eigenvalue weighted by molar-refractivity contribution is -0.121. The number of ether oxygens (including phenoxy) is 3. The maximum atomic E-state index is 12.4. The molecule has 2 aromatic carbocycles. The summed E-state index contributed by atoms with van der Waals surface area (Å²) in [6.45, 7) is 2.05. The van der Waals surface area contributed by atoms with Gasteiger partial charge in [0.05, 0.1) is 33.8 Å². The summed E-state index contributed by atoms with van der Waals surface area (Å²) in [5, 5.41) is 3.08. The van der Waals surface area contributed by atoms with E-state index >= 15 is 0 Å². The molecule has 0 aliphatic rings. The van der Waals surface area contributed by atoms with Crippen LogP contribution in [0, 0.1) is 0 Å². The number of nitrogens with one attached hydrogen (secondary N) is 1. The van der Waals surface area contributed by atoms with Gasteiger partial charge < -0.3 is 19.5 Å². The molecule has 0 saturated heterocycles. The van der Waals surface area contributed by atoms with Crippen LogP contribution in [0.5, 0.6) is 17.2 Å². The number of hydrogen-bond acceptors (Lipinski definition) is 4. The van der Waals surface area contributed by atoms with E-state index in [0.29, 0.717) is 11.5 Å². The zero-order valence-electron chi connectivity index (χ0n) is 15.2. The van der Waals surface area contributed by atoms with Gasteiger partial charge in [0.1, 0.15) is 5.75 Å². The van der Waals surface area contributed by atoms with Gasteiger partial charge in [-0.3, -0.25) is 4.79 Å². The van der Waals surface area contributed by atoms with Gasteiger partial charge in [0.15, 0.2) is 11.5 Å². The fourth-order valence-electron chi connectivity index (χ4n) is 2.68. The molecule has 0 unspecified atom stereocenters. The number of amides is 1. The first-order valence-corrected chi connectivity index (χ1v) is 8.25. The number of carbonyl (C=O) groups is 1. The van der Waals surface area contributed by atoms with Crippen molar-refractivity contribution in [3.63, 3.8) is 0 Å². The highest BCUT2D eigenvalue weighted by molar-refractivity contribution is 5.79.